The molecule has 0 spiro atoms. The molecule has 0 aliphatic heterocycles. The predicted octanol–water partition coefficient (Wildman–Crippen LogP) is -0.876. The summed E-state index contributed by atoms with van der Waals surface area (Å²) in [5.41, 5.74) is 0. The molecule has 0 aliphatic rings. The molecule has 0 rings (SSSR count). The van der Waals surface area contributed by atoms with Crippen LogP contribution in [-0.2, 0) is 14.4 Å². The van der Waals surface area contributed by atoms with Gasteiger partial charge in [0, 0.05) is 51.9 Å². The third-order valence-electron chi connectivity index (χ3n) is 0.804. The second kappa shape index (κ2) is 6.78. The monoisotopic (exact) mass is 234 g/mol. The topological polar surface area (TPSA) is 91.7 Å². The van der Waals surface area contributed by atoms with E-state index in [1.54, 1.807) is 0 Å². The summed E-state index contributed by atoms with van der Waals surface area (Å²) in [5.74, 6) is -3.82. The van der Waals surface area contributed by atoms with Gasteiger partial charge in [0.2, 0.25) is 5.78 Å². The molecule has 0 fully saturated rings. The van der Waals surface area contributed by atoms with Crippen LogP contribution in [0.1, 0.15) is 12.8 Å². The maximum absolute atomic E-state index is 10.2. The van der Waals surface area contributed by atoms with Crippen molar-refractivity contribution in [2.75, 3.05) is 0 Å². The van der Waals surface area contributed by atoms with E-state index in [1.165, 1.54) is 0 Å². The zero-order valence-electron chi connectivity index (χ0n) is 5.74. The molecule has 0 aliphatic carbocycles. The molecule has 2 N–H and O–H groups in total. The minimum absolute atomic E-state index is 0. The third kappa shape index (κ3) is 7.99. The number of carboxylic acid groups (broad SMARTS) is 2. The average molecular weight is 234 g/mol. The van der Waals surface area contributed by atoms with Gasteiger partial charge in [0.25, 0.3) is 0 Å². The molecule has 0 aromatic carbocycles. The van der Waals surface area contributed by atoms with Crippen molar-refractivity contribution in [1.82, 2.24) is 0 Å². The molecule has 2 radical (unpaired) electrons. The molecule has 11 heavy (non-hydrogen) atoms. The summed E-state index contributed by atoms with van der Waals surface area (Å²) < 4.78 is 0. The minimum Gasteiger partial charge on any atom is -0.481 e. The summed E-state index contributed by atoms with van der Waals surface area (Å²) in [5, 5.41) is 16.0. The van der Waals surface area contributed by atoms with E-state index < -0.39 is 30.6 Å². The standard InChI is InChI=1S/C5H6O5.Sr/c6-3(5(9)10)1-2-4(7)8;/h1-2H2,(H,7,8)(H,9,10);. The van der Waals surface area contributed by atoms with Gasteiger partial charge in [-0.05, 0) is 0 Å². The quantitative estimate of drug-likeness (QED) is 0.486. The number of carboxylic acids is 2. The summed E-state index contributed by atoms with van der Waals surface area (Å²) in [6.45, 7) is 0. The average Bonchev–Trinajstić information content (AvgIpc) is 1.82. The molecule has 0 heterocycles. The van der Waals surface area contributed by atoms with Gasteiger partial charge in [-0.15, -0.1) is 0 Å². The Hall–Kier alpha value is 0.0905. The minimum atomic E-state index is -1.58. The van der Waals surface area contributed by atoms with Crippen LogP contribution in [0.2, 0.25) is 0 Å². The van der Waals surface area contributed by atoms with E-state index in [-0.39, 0.29) is 45.5 Å². The number of Topliss-reactive ketones (excluding diaryl/α,β-unsaturated/α-hetero) is 1. The molecule has 0 aromatic heterocycles. The van der Waals surface area contributed by atoms with Crippen LogP contribution in [0.15, 0.2) is 0 Å². The first-order chi connectivity index (χ1) is 4.54. The van der Waals surface area contributed by atoms with E-state index in [4.69, 9.17) is 10.2 Å². The molecule has 0 unspecified atom stereocenters. The van der Waals surface area contributed by atoms with Gasteiger partial charge < -0.3 is 10.2 Å². The van der Waals surface area contributed by atoms with Crippen molar-refractivity contribution in [3.63, 3.8) is 0 Å². The summed E-state index contributed by atoms with van der Waals surface area (Å²) in [4.78, 5) is 29.7. The Morgan fingerprint density at radius 1 is 1.00 bits per heavy atom. The van der Waals surface area contributed by atoms with Crippen molar-refractivity contribution >= 4 is 63.2 Å². The van der Waals surface area contributed by atoms with E-state index in [1.807, 2.05) is 0 Å². The third-order valence-corrected chi connectivity index (χ3v) is 0.804. The van der Waals surface area contributed by atoms with Gasteiger partial charge in [-0.2, -0.15) is 0 Å². The van der Waals surface area contributed by atoms with Crippen LogP contribution in [0.5, 0.6) is 0 Å². The van der Waals surface area contributed by atoms with Crippen LogP contribution in [-0.4, -0.2) is 73.4 Å². The number of rotatable bonds is 4. The number of aliphatic carboxylic acids is 2. The fourth-order valence-corrected chi connectivity index (χ4v) is 0.327. The smallest absolute Gasteiger partial charge is 0.372 e. The number of hydrogen-bond acceptors (Lipinski definition) is 3. The number of hydrogen-bond donors (Lipinski definition) is 2. The normalized spacial score (nSPS) is 8.00. The van der Waals surface area contributed by atoms with Gasteiger partial charge in [0.1, 0.15) is 0 Å². The Labute approximate surface area is 99.7 Å². The summed E-state index contributed by atoms with van der Waals surface area (Å²) in [6, 6.07) is 0. The van der Waals surface area contributed by atoms with Crippen LogP contribution in [0.25, 0.3) is 0 Å². The summed E-state index contributed by atoms with van der Waals surface area (Å²) >= 11 is 0. The molecule has 0 saturated carbocycles. The van der Waals surface area contributed by atoms with Crippen molar-refractivity contribution < 1.29 is 24.6 Å². The Balaban J connectivity index is 0. The molecule has 0 bridgehead atoms. The van der Waals surface area contributed by atoms with Crippen molar-refractivity contribution in [3.05, 3.63) is 0 Å². The van der Waals surface area contributed by atoms with Crippen LogP contribution < -0.4 is 0 Å². The van der Waals surface area contributed by atoms with Gasteiger partial charge in [-0.3, -0.25) is 9.59 Å². The van der Waals surface area contributed by atoms with E-state index in [0.717, 1.165) is 0 Å². The summed E-state index contributed by atoms with van der Waals surface area (Å²) in [6.07, 6.45) is -0.865. The van der Waals surface area contributed by atoms with Gasteiger partial charge in [0.15, 0.2) is 0 Å². The maximum Gasteiger partial charge on any atom is 0.372 e. The first-order valence-corrected chi connectivity index (χ1v) is 2.52. The first kappa shape index (κ1) is 13.7. The van der Waals surface area contributed by atoms with Crippen LogP contribution >= 0.6 is 0 Å². The summed E-state index contributed by atoms with van der Waals surface area (Å²) in [7, 11) is 0. The number of carbonyl (C=O) groups excluding carboxylic acids is 1. The number of ketones is 1. The van der Waals surface area contributed by atoms with Crippen molar-refractivity contribution in [1.29, 1.82) is 0 Å². The Kier molecular flexibility index (Phi) is 8.42. The SMILES string of the molecule is O=C(O)CCC(=O)C(=O)O.[Sr]. The Morgan fingerprint density at radius 3 is 1.73 bits per heavy atom. The molecule has 0 saturated heterocycles. The van der Waals surface area contributed by atoms with Gasteiger partial charge in [-0.1, -0.05) is 0 Å². The van der Waals surface area contributed by atoms with Gasteiger partial charge >= 0.3 is 11.9 Å². The van der Waals surface area contributed by atoms with E-state index >= 15 is 0 Å². The van der Waals surface area contributed by atoms with Crippen LogP contribution in [0, 0.1) is 0 Å². The molecule has 0 amide bonds. The molecule has 5 nitrogen and oxygen atoms in total. The van der Waals surface area contributed by atoms with E-state index in [2.05, 4.69) is 0 Å². The molecule has 6 heteroatoms. The van der Waals surface area contributed by atoms with Crippen molar-refractivity contribution in [2.24, 2.45) is 0 Å². The van der Waals surface area contributed by atoms with Gasteiger partial charge in [0.05, 0.1) is 6.42 Å². The molecular weight excluding hydrogens is 228 g/mol. The van der Waals surface area contributed by atoms with Gasteiger partial charge in [-0.25, -0.2) is 4.79 Å². The second-order valence-electron chi connectivity index (χ2n) is 1.62. The largest absolute Gasteiger partial charge is 0.481 e. The molecular formula is C5H6O5Sr. The molecule has 0 atom stereocenters. The number of carbonyl (C=O) groups is 3. The van der Waals surface area contributed by atoms with Crippen molar-refractivity contribution in [2.45, 2.75) is 12.8 Å². The zero-order valence-corrected chi connectivity index (χ0v) is 9.22. The maximum atomic E-state index is 10.2. The van der Waals surface area contributed by atoms with E-state index in [0.29, 0.717) is 0 Å². The predicted molar refractivity (Wildman–Crippen MR) is 35.3 cm³/mol. The van der Waals surface area contributed by atoms with Crippen LogP contribution in [0.4, 0.5) is 0 Å². The van der Waals surface area contributed by atoms with E-state index in [9.17, 15) is 14.4 Å². The van der Waals surface area contributed by atoms with Crippen LogP contribution in [0.3, 0.4) is 0 Å². The second-order valence-corrected chi connectivity index (χ2v) is 1.62. The Morgan fingerprint density at radius 2 is 1.45 bits per heavy atom. The van der Waals surface area contributed by atoms with Crippen molar-refractivity contribution in [3.8, 4) is 0 Å². The fourth-order valence-electron chi connectivity index (χ4n) is 0.327. The first-order valence-electron chi connectivity index (χ1n) is 2.52. The molecule has 0 aromatic rings. The fraction of sp³-hybridized carbons (Fsp3) is 0.400. The molecule has 58 valence electrons. The zero-order chi connectivity index (χ0) is 8.15. The Bertz CT molecular complexity index is 176.